The van der Waals surface area contributed by atoms with Crippen molar-refractivity contribution in [2.75, 3.05) is 20.8 Å². The van der Waals surface area contributed by atoms with Gasteiger partial charge in [0, 0.05) is 19.8 Å². The third-order valence-corrected chi connectivity index (χ3v) is 7.39. The summed E-state index contributed by atoms with van der Waals surface area (Å²) in [7, 11) is 1.63. The minimum absolute atomic E-state index is 0. The molecule has 0 heterocycles. The first-order chi connectivity index (χ1) is 7.20. The lowest BCUT2D eigenvalue weighted by atomic mass is 10.1. The summed E-state index contributed by atoms with van der Waals surface area (Å²) < 4.78 is 11.4. The maximum absolute atomic E-state index is 5.72. The molecule has 0 saturated carbocycles. The third-order valence-electron chi connectivity index (χ3n) is 3.20. The van der Waals surface area contributed by atoms with Crippen LogP contribution >= 0.6 is 0 Å². The van der Waals surface area contributed by atoms with E-state index in [1.807, 2.05) is 0 Å². The maximum atomic E-state index is 5.72. The van der Waals surface area contributed by atoms with Crippen LogP contribution in [0.15, 0.2) is 0 Å². The van der Waals surface area contributed by atoms with Gasteiger partial charge in [0.25, 0.3) is 0 Å². The Balaban J connectivity index is 0. The van der Waals surface area contributed by atoms with E-state index in [0.717, 1.165) is 25.4 Å². The maximum Gasteiger partial charge on any atom is 0.340 e. The lowest BCUT2D eigenvalue weighted by molar-refractivity contribution is 0.223. The summed E-state index contributed by atoms with van der Waals surface area (Å²) in [6.07, 6.45) is 4.61. The first kappa shape index (κ1) is 18.4. The zero-order chi connectivity index (χ0) is 11.7. The molecule has 4 nitrogen and oxygen atoms in total. The Morgan fingerprint density at radius 3 is 2.00 bits per heavy atom. The van der Waals surface area contributed by atoms with E-state index in [1.54, 1.807) is 14.2 Å². The van der Waals surface area contributed by atoms with E-state index >= 15 is 0 Å². The van der Waals surface area contributed by atoms with Crippen molar-refractivity contribution in [1.29, 1.82) is 0 Å². The standard InChI is InChI=1S/C11H27NO2Si.H3N/c1-5-8-11(9-7-10-12)15(6-2,13-3)14-4;/h11H,5-10,12H2,1-4H3;1H3. The van der Waals surface area contributed by atoms with Gasteiger partial charge in [0.05, 0.1) is 0 Å². The van der Waals surface area contributed by atoms with Crippen molar-refractivity contribution >= 4 is 8.56 Å². The van der Waals surface area contributed by atoms with Crippen molar-refractivity contribution in [1.82, 2.24) is 6.15 Å². The number of hydrogen-bond donors (Lipinski definition) is 2. The normalized spacial score (nSPS) is 13.3. The van der Waals surface area contributed by atoms with Crippen LogP contribution in [0.5, 0.6) is 0 Å². The molecule has 1 atom stereocenters. The first-order valence-electron chi connectivity index (χ1n) is 6.01. The van der Waals surface area contributed by atoms with Gasteiger partial charge in [-0.1, -0.05) is 20.3 Å². The van der Waals surface area contributed by atoms with Crippen LogP contribution in [0.4, 0.5) is 0 Å². The second kappa shape index (κ2) is 10.2. The van der Waals surface area contributed by atoms with Gasteiger partial charge in [0.1, 0.15) is 0 Å². The molecule has 0 aromatic carbocycles. The molecule has 0 aliphatic rings. The van der Waals surface area contributed by atoms with Crippen molar-refractivity contribution in [2.24, 2.45) is 5.73 Å². The second-order valence-corrected chi connectivity index (χ2v) is 7.95. The van der Waals surface area contributed by atoms with Crippen LogP contribution in [0.1, 0.15) is 39.5 Å². The van der Waals surface area contributed by atoms with Crippen LogP contribution in [0.25, 0.3) is 0 Å². The molecule has 5 N–H and O–H groups in total. The molecule has 0 aliphatic heterocycles. The van der Waals surface area contributed by atoms with Gasteiger partial charge in [0.2, 0.25) is 0 Å². The van der Waals surface area contributed by atoms with Crippen molar-refractivity contribution in [3.05, 3.63) is 0 Å². The molecule has 0 spiro atoms. The van der Waals surface area contributed by atoms with E-state index in [0.29, 0.717) is 5.54 Å². The Labute approximate surface area is 102 Å². The van der Waals surface area contributed by atoms with Gasteiger partial charge in [-0.05, 0) is 31.9 Å². The summed E-state index contributed by atoms with van der Waals surface area (Å²) in [5.74, 6) is 0. The Morgan fingerprint density at radius 2 is 1.69 bits per heavy atom. The third kappa shape index (κ3) is 4.93. The first-order valence-corrected chi connectivity index (χ1v) is 8.11. The van der Waals surface area contributed by atoms with Crippen LogP contribution in [0.2, 0.25) is 11.6 Å². The highest BCUT2D eigenvalue weighted by Crippen LogP contribution is 2.35. The predicted molar refractivity (Wildman–Crippen MR) is 72.2 cm³/mol. The summed E-state index contributed by atoms with van der Waals surface area (Å²) in [5.41, 5.74) is 6.16. The minimum atomic E-state index is -1.96. The monoisotopic (exact) mass is 250 g/mol. The van der Waals surface area contributed by atoms with E-state index in [2.05, 4.69) is 13.8 Å². The van der Waals surface area contributed by atoms with Gasteiger partial charge in [-0.2, -0.15) is 0 Å². The molecule has 0 rings (SSSR count). The fraction of sp³-hybridized carbons (Fsp3) is 1.00. The van der Waals surface area contributed by atoms with Gasteiger partial charge in [-0.15, -0.1) is 0 Å². The lowest BCUT2D eigenvalue weighted by Crippen LogP contribution is -2.44. The summed E-state index contributed by atoms with van der Waals surface area (Å²) in [4.78, 5) is 0. The second-order valence-electron chi connectivity index (χ2n) is 3.99. The Hall–Kier alpha value is 0.0569. The van der Waals surface area contributed by atoms with Gasteiger partial charge >= 0.3 is 8.56 Å². The molecule has 0 bridgehead atoms. The van der Waals surface area contributed by atoms with Crippen molar-refractivity contribution in [3.8, 4) is 0 Å². The van der Waals surface area contributed by atoms with Gasteiger partial charge in [-0.3, -0.25) is 0 Å². The van der Waals surface area contributed by atoms with E-state index in [4.69, 9.17) is 14.6 Å². The highest BCUT2D eigenvalue weighted by Gasteiger charge is 2.41. The number of rotatable bonds is 9. The highest BCUT2D eigenvalue weighted by molar-refractivity contribution is 6.68. The van der Waals surface area contributed by atoms with Crippen LogP contribution in [0, 0.1) is 0 Å². The SMILES string of the molecule is CCCC(CCCN)[Si](CC)(OC)OC.N. The van der Waals surface area contributed by atoms with Gasteiger partial charge in [-0.25, -0.2) is 0 Å². The van der Waals surface area contributed by atoms with Crippen LogP contribution < -0.4 is 11.9 Å². The fourth-order valence-corrected chi connectivity index (χ4v) is 5.65. The van der Waals surface area contributed by atoms with Crippen LogP contribution in [-0.2, 0) is 8.85 Å². The molecule has 0 radical (unpaired) electrons. The number of hydrogen-bond acceptors (Lipinski definition) is 4. The van der Waals surface area contributed by atoms with E-state index < -0.39 is 8.56 Å². The van der Waals surface area contributed by atoms with E-state index in [1.165, 1.54) is 12.8 Å². The molecular formula is C11H30N2O2Si. The summed E-state index contributed by atoms with van der Waals surface area (Å²) >= 11 is 0. The topological polar surface area (TPSA) is 79.5 Å². The Kier molecular flexibility index (Phi) is 11.8. The van der Waals surface area contributed by atoms with Crippen LogP contribution in [-0.4, -0.2) is 29.3 Å². The van der Waals surface area contributed by atoms with Gasteiger partial charge in [0.15, 0.2) is 0 Å². The Bertz CT molecular complexity index is 147. The zero-order valence-corrected chi connectivity index (χ0v) is 12.4. The molecule has 0 aromatic rings. The van der Waals surface area contributed by atoms with Crippen molar-refractivity contribution < 1.29 is 8.85 Å². The molecule has 0 fully saturated rings. The quantitative estimate of drug-likeness (QED) is 0.617. The molecular weight excluding hydrogens is 220 g/mol. The molecule has 16 heavy (non-hydrogen) atoms. The van der Waals surface area contributed by atoms with Crippen LogP contribution in [0.3, 0.4) is 0 Å². The number of nitrogens with two attached hydrogens (primary N) is 1. The summed E-state index contributed by atoms with van der Waals surface area (Å²) in [6.45, 7) is 5.15. The largest absolute Gasteiger partial charge is 0.397 e. The van der Waals surface area contributed by atoms with Gasteiger partial charge < -0.3 is 20.7 Å². The summed E-state index contributed by atoms with van der Waals surface area (Å²) in [5, 5.41) is 0. The molecule has 1 unspecified atom stereocenters. The average Bonchev–Trinajstić information content (AvgIpc) is 2.28. The minimum Gasteiger partial charge on any atom is -0.397 e. The lowest BCUT2D eigenvalue weighted by Gasteiger charge is -2.34. The molecule has 100 valence electrons. The average molecular weight is 250 g/mol. The molecule has 0 amide bonds. The molecule has 0 aliphatic carbocycles. The fourth-order valence-electron chi connectivity index (χ4n) is 2.29. The molecule has 5 heteroatoms. The smallest absolute Gasteiger partial charge is 0.340 e. The highest BCUT2D eigenvalue weighted by atomic mass is 28.4. The van der Waals surface area contributed by atoms with Crippen molar-refractivity contribution in [2.45, 2.75) is 51.1 Å². The zero-order valence-electron chi connectivity index (χ0n) is 11.4. The van der Waals surface area contributed by atoms with Crippen molar-refractivity contribution in [3.63, 3.8) is 0 Å². The molecule has 0 saturated heterocycles. The predicted octanol–water partition coefficient (Wildman–Crippen LogP) is 2.81. The summed E-state index contributed by atoms with van der Waals surface area (Å²) in [6, 6.07) is 1.02. The van der Waals surface area contributed by atoms with E-state index in [-0.39, 0.29) is 6.15 Å². The Morgan fingerprint density at radius 1 is 1.12 bits per heavy atom. The van der Waals surface area contributed by atoms with E-state index in [9.17, 15) is 0 Å². The molecule has 0 aromatic heterocycles.